The molecule has 2 fully saturated rings. The zero-order chi connectivity index (χ0) is 18.6. The topological polar surface area (TPSA) is 43.9 Å². The number of amides is 2. The van der Waals surface area contributed by atoms with Crippen molar-refractivity contribution in [1.29, 1.82) is 0 Å². The number of rotatable bonds is 4. The summed E-state index contributed by atoms with van der Waals surface area (Å²) in [5.41, 5.74) is 3.01. The van der Waals surface area contributed by atoms with Crippen molar-refractivity contribution in [1.82, 2.24) is 14.7 Å². The summed E-state index contributed by atoms with van der Waals surface area (Å²) in [6, 6.07) is 9.42. The van der Waals surface area contributed by atoms with Crippen LogP contribution in [0.25, 0.3) is 0 Å². The van der Waals surface area contributed by atoms with Crippen LogP contribution in [0.3, 0.4) is 0 Å². The highest BCUT2D eigenvalue weighted by Crippen LogP contribution is 2.25. The van der Waals surface area contributed by atoms with E-state index in [4.69, 9.17) is 0 Å². The molecule has 1 aromatic rings. The van der Waals surface area contributed by atoms with E-state index in [-0.39, 0.29) is 11.8 Å². The van der Waals surface area contributed by atoms with Gasteiger partial charge in [0.1, 0.15) is 0 Å². The maximum Gasteiger partial charge on any atom is 0.224 e. The summed E-state index contributed by atoms with van der Waals surface area (Å²) in [6.07, 6.45) is 6.73. The molecular formula is C22H31N3O2. The van der Waals surface area contributed by atoms with E-state index in [0.717, 1.165) is 52.0 Å². The predicted octanol–water partition coefficient (Wildman–Crippen LogP) is 2.09. The van der Waals surface area contributed by atoms with Crippen LogP contribution < -0.4 is 0 Å². The molecule has 0 unspecified atom stereocenters. The average molecular weight is 370 g/mol. The molecule has 4 rings (SSSR count). The maximum absolute atomic E-state index is 12.6. The smallest absolute Gasteiger partial charge is 0.224 e. The number of carbonyl (C=O) groups excluding carboxylic acids is 2. The minimum Gasteiger partial charge on any atom is -0.342 e. The third-order valence-electron chi connectivity index (χ3n) is 6.52. The van der Waals surface area contributed by atoms with Crippen LogP contribution in [0.4, 0.5) is 0 Å². The fourth-order valence-corrected chi connectivity index (χ4v) is 4.81. The van der Waals surface area contributed by atoms with Crippen LogP contribution in [0.15, 0.2) is 24.3 Å². The summed E-state index contributed by atoms with van der Waals surface area (Å²) in [5, 5.41) is 0. The van der Waals surface area contributed by atoms with Crippen molar-refractivity contribution in [2.24, 2.45) is 0 Å². The van der Waals surface area contributed by atoms with Gasteiger partial charge >= 0.3 is 0 Å². The standard InChI is InChI=1S/C22H31N3O2/c26-21-7-3-4-11-24(21)12-10-22(27)25-15-13-23(14-16-25)20-9-8-18-5-1-2-6-19(18)17-20/h1-2,5-6,20H,3-4,7-17H2/t20-/m0/s1. The van der Waals surface area contributed by atoms with Crippen molar-refractivity contribution >= 4 is 11.8 Å². The van der Waals surface area contributed by atoms with Gasteiger partial charge in [-0.3, -0.25) is 14.5 Å². The zero-order valence-corrected chi connectivity index (χ0v) is 16.2. The molecule has 0 spiro atoms. The van der Waals surface area contributed by atoms with Crippen LogP contribution >= 0.6 is 0 Å². The van der Waals surface area contributed by atoms with Crippen LogP contribution in [0.2, 0.25) is 0 Å². The molecule has 0 aromatic heterocycles. The van der Waals surface area contributed by atoms with E-state index in [1.165, 1.54) is 24.0 Å². The van der Waals surface area contributed by atoms with Gasteiger partial charge in [-0.05, 0) is 43.2 Å². The van der Waals surface area contributed by atoms with E-state index in [1.807, 2.05) is 9.80 Å². The highest BCUT2D eigenvalue weighted by atomic mass is 16.2. The van der Waals surface area contributed by atoms with E-state index < -0.39 is 0 Å². The van der Waals surface area contributed by atoms with Crippen LogP contribution in [-0.4, -0.2) is 71.8 Å². The molecular weight excluding hydrogens is 338 g/mol. The van der Waals surface area contributed by atoms with Gasteiger partial charge in [-0.1, -0.05) is 24.3 Å². The van der Waals surface area contributed by atoms with E-state index in [9.17, 15) is 9.59 Å². The molecule has 0 radical (unpaired) electrons. The number of nitrogens with zero attached hydrogens (tertiary/aromatic N) is 3. The summed E-state index contributed by atoms with van der Waals surface area (Å²) >= 11 is 0. The molecule has 0 bridgehead atoms. The lowest BCUT2D eigenvalue weighted by Gasteiger charge is -2.41. The third kappa shape index (κ3) is 4.34. The summed E-state index contributed by atoms with van der Waals surface area (Å²) in [4.78, 5) is 30.9. The summed E-state index contributed by atoms with van der Waals surface area (Å²) < 4.78 is 0. The Bertz CT molecular complexity index is 682. The van der Waals surface area contributed by atoms with Crippen LogP contribution in [0, 0.1) is 0 Å². The van der Waals surface area contributed by atoms with Gasteiger partial charge in [-0.2, -0.15) is 0 Å². The highest BCUT2D eigenvalue weighted by Gasteiger charge is 2.29. The highest BCUT2D eigenvalue weighted by molar-refractivity contribution is 5.79. The minimum absolute atomic E-state index is 0.210. The Labute approximate surface area is 162 Å². The van der Waals surface area contributed by atoms with Crippen molar-refractivity contribution in [2.75, 3.05) is 39.3 Å². The average Bonchev–Trinajstić information content (AvgIpc) is 2.73. The first-order chi connectivity index (χ1) is 13.2. The molecule has 1 atom stereocenters. The quantitative estimate of drug-likeness (QED) is 0.816. The van der Waals surface area contributed by atoms with E-state index >= 15 is 0 Å². The molecule has 2 aliphatic heterocycles. The maximum atomic E-state index is 12.6. The number of piperazine rings is 1. The fourth-order valence-electron chi connectivity index (χ4n) is 4.81. The number of benzene rings is 1. The SMILES string of the molecule is O=C1CCCCN1CCC(=O)N1CCN([C@H]2CCc3ccccc3C2)CC1. The zero-order valence-electron chi connectivity index (χ0n) is 16.2. The molecule has 0 saturated carbocycles. The van der Waals surface area contributed by atoms with Gasteiger partial charge in [0.05, 0.1) is 0 Å². The van der Waals surface area contributed by atoms with Crippen molar-refractivity contribution in [3.63, 3.8) is 0 Å². The lowest BCUT2D eigenvalue weighted by atomic mass is 9.87. The van der Waals surface area contributed by atoms with Crippen molar-refractivity contribution in [3.8, 4) is 0 Å². The Morgan fingerprint density at radius 1 is 0.963 bits per heavy atom. The monoisotopic (exact) mass is 369 g/mol. The molecule has 5 nitrogen and oxygen atoms in total. The minimum atomic E-state index is 0.210. The number of carbonyl (C=O) groups is 2. The number of aryl methyl sites for hydroxylation is 1. The lowest BCUT2D eigenvalue weighted by Crippen LogP contribution is -2.53. The number of piperidine rings is 1. The molecule has 5 heteroatoms. The summed E-state index contributed by atoms with van der Waals surface area (Å²) in [6.45, 7) is 5.01. The van der Waals surface area contributed by atoms with Gasteiger partial charge in [-0.15, -0.1) is 0 Å². The van der Waals surface area contributed by atoms with Crippen LogP contribution in [-0.2, 0) is 22.4 Å². The lowest BCUT2D eigenvalue weighted by molar-refractivity contribution is -0.136. The Balaban J connectivity index is 1.23. The largest absolute Gasteiger partial charge is 0.342 e. The molecule has 1 aromatic carbocycles. The van der Waals surface area contributed by atoms with Gasteiger partial charge in [0, 0.05) is 58.2 Å². The predicted molar refractivity (Wildman–Crippen MR) is 105 cm³/mol. The second-order valence-electron chi connectivity index (χ2n) is 8.17. The molecule has 2 saturated heterocycles. The molecule has 3 aliphatic rings. The summed E-state index contributed by atoms with van der Waals surface area (Å²) in [5.74, 6) is 0.429. The van der Waals surface area contributed by atoms with Gasteiger partial charge in [-0.25, -0.2) is 0 Å². The number of hydrogen-bond acceptors (Lipinski definition) is 3. The fraction of sp³-hybridized carbons (Fsp3) is 0.636. The summed E-state index contributed by atoms with van der Waals surface area (Å²) in [7, 11) is 0. The molecule has 146 valence electrons. The number of fused-ring (bicyclic) bond motifs is 1. The van der Waals surface area contributed by atoms with Gasteiger partial charge in [0.25, 0.3) is 0 Å². The molecule has 27 heavy (non-hydrogen) atoms. The second kappa shape index (κ2) is 8.42. The molecule has 2 amide bonds. The van der Waals surface area contributed by atoms with Gasteiger partial charge in [0.2, 0.25) is 11.8 Å². The number of hydrogen-bond donors (Lipinski definition) is 0. The van der Waals surface area contributed by atoms with E-state index in [2.05, 4.69) is 29.2 Å². The van der Waals surface area contributed by atoms with E-state index in [1.54, 1.807) is 0 Å². The van der Waals surface area contributed by atoms with Crippen molar-refractivity contribution in [3.05, 3.63) is 35.4 Å². The normalized spacial score (nSPS) is 24.0. The molecule has 0 N–H and O–H groups in total. The van der Waals surface area contributed by atoms with Gasteiger partial charge < -0.3 is 9.80 Å². The first kappa shape index (κ1) is 18.5. The first-order valence-corrected chi connectivity index (χ1v) is 10.6. The van der Waals surface area contributed by atoms with E-state index in [0.29, 0.717) is 25.4 Å². The molecule has 1 aliphatic carbocycles. The Kier molecular flexibility index (Phi) is 5.77. The Hall–Kier alpha value is -1.88. The Morgan fingerprint density at radius 2 is 1.74 bits per heavy atom. The second-order valence-corrected chi connectivity index (χ2v) is 8.17. The van der Waals surface area contributed by atoms with Crippen molar-refractivity contribution in [2.45, 2.75) is 51.0 Å². The number of likely N-dealkylation sites (tertiary alicyclic amines) is 1. The van der Waals surface area contributed by atoms with Crippen LogP contribution in [0.5, 0.6) is 0 Å². The van der Waals surface area contributed by atoms with Crippen LogP contribution in [0.1, 0.15) is 43.2 Å². The Morgan fingerprint density at radius 3 is 2.52 bits per heavy atom. The molecule has 2 heterocycles. The third-order valence-corrected chi connectivity index (χ3v) is 6.52. The van der Waals surface area contributed by atoms with Gasteiger partial charge in [0.15, 0.2) is 0 Å². The van der Waals surface area contributed by atoms with Crippen molar-refractivity contribution < 1.29 is 9.59 Å². The first-order valence-electron chi connectivity index (χ1n) is 10.6.